The molecule has 26 heavy (non-hydrogen) atoms. The van der Waals surface area contributed by atoms with E-state index in [4.69, 9.17) is 9.53 Å². The topological polar surface area (TPSA) is 59.0 Å². The van der Waals surface area contributed by atoms with Gasteiger partial charge in [-0.1, -0.05) is 19.3 Å². The molecule has 2 fully saturated rings. The van der Waals surface area contributed by atoms with Gasteiger partial charge in [0.05, 0.1) is 19.8 Å². The van der Waals surface area contributed by atoms with Gasteiger partial charge in [0.2, 0.25) is 0 Å². The first-order valence-electron chi connectivity index (χ1n) is 9.51. The molecule has 0 radical (unpaired) electrons. The smallest absolute Gasteiger partial charge is 0.292 e. The SMILES string of the molecule is COC=O.OC1CCN(Sc2ccc(OCC3CCCCC3)cc2)CC1. The van der Waals surface area contributed by atoms with E-state index >= 15 is 0 Å². The maximum absolute atomic E-state index is 9.54. The Morgan fingerprint density at radius 3 is 2.31 bits per heavy atom. The van der Waals surface area contributed by atoms with E-state index in [-0.39, 0.29) is 6.10 Å². The lowest BCUT2D eigenvalue weighted by atomic mass is 9.90. The molecular weight excluding hydrogens is 350 g/mol. The molecular formula is C20H31NO4S. The highest BCUT2D eigenvalue weighted by Crippen LogP contribution is 2.29. The maximum Gasteiger partial charge on any atom is 0.292 e. The van der Waals surface area contributed by atoms with Gasteiger partial charge in [-0.25, -0.2) is 4.31 Å². The second kappa shape index (κ2) is 12.2. The fraction of sp³-hybridized carbons (Fsp3) is 0.650. The van der Waals surface area contributed by atoms with Gasteiger partial charge >= 0.3 is 0 Å². The van der Waals surface area contributed by atoms with E-state index in [0.29, 0.717) is 6.47 Å². The zero-order valence-electron chi connectivity index (χ0n) is 15.6. The molecule has 0 spiro atoms. The molecule has 1 heterocycles. The summed E-state index contributed by atoms with van der Waals surface area (Å²) in [6.07, 6.45) is 8.46. The van der Waals surface area contributed by atoms with Gasteiger partial charge in [-0.05, 0) is 67.8 Å². The van der Waals surface area contributed by atoms with E-state index in [2.05, 4.69) is 33.3 Å². The van der Waals surface area contributed by atoms with Gasteiger partial charge in [-0.15, -0.1) is 0 Å². The fourth-order valence-electron chi connectivity index (χ4n) is 3.25. The van der Waals surface area contributed by atoms with Crippen LogP contribution in [0.1, 0.15) is 44.9 Å². The van der Waals surface area contributed by atoms with Crippen molar-refractivity contribution in [3.63, 3.8) is 0 Å². The number of carbonyl (C=O) groups excluding carboxylic acids is 1. The number of benzene rings is 1. The number of hydrogen-bond acceptors (Lipinski definition) is 6. The van der Waals surface area contributed by atoms with Gasteiger partial charge in [0.1, 0.15) is 5.75 Å². The summed E-state index contributed by atoms with van der Waals surface area (Å²) in [5, 5.41) is 9.54. The molecule has 1 aliphatic carbocycles. The molecule has 3 rings (SSSR count). The van der Waals surface area contributed by atoms with Gasteiger partial charge < -0.3 is 14.6 Å². The second-order valence-electron chi connectivity index (χ2n) is 6.87. The predicted octanol–water partition coefficient (Wildman–Crippen LogP) is 3.90. The van der Waals surface area contributed by atoms with Crippen LogP contribution in [0, 0.1) is 5.92 Å². The molecule has 1 N–H and O–H groups in total. The van der Waals surface area contributed by atoms with Crippen molar-refractivity contribution >= 4 is 18.4 Å². The molecule has 0 atom stereocenters. The van der Waals surface area contributed by atoms with E-state index in [1.807, 2.05) is 0 Å². The van der Waals surface area contributed by atoms with E-state index in [1.54, 1.807) is 11.9 Å². The van der Waals surface area contributed by atoms with Crippen molar-refractivity contribution in [2.75, 3.05) is 26.8 Å². The lowest BCUT2D eigenvalue weighted by Crippen LogP contribution is -2.30. The highest BCUT2D eigenvalue weighted by molar-refractivity contribution is 7.97. The monoisotopic (exact) mass is 381 g/mol. The van der Waals surface area contributed by atoms with Crippen LogP contribution in [0.25, 0.3) is 0 Å². The summed E-state index contributed by atoms with van der Waals surface area (Å²) in [6, 6.07) is 8.46. The number of hydrogen-bond donors (Lipinski definition) is 1. The van der Waals surface area contributed by atoms with Crippen LogP contribution in [0.3, 0.4) is 0 Å². The number of aliphatic hydroxyl groups is 1. The molecule has 0 unspecified atom stereocenters. The first-order valence-corrected chi connectivity index (χ1v) is 10.3. The molecule has 5 nitrogen and oxygen atoms in total. The lowest BCUT2D eigenvalue weighted by molar-refractivity contribution is -0.126. The number of aliphatic hydroxyl groups excluding tert-OH is 1. The average Bonchev–Trinajstić information content (AvgIpc) is 2.70. The maximum atomic E-state index is 9.54. The minimum absolute atomic E-state index is 0.104. The van der Waals surface area contributed by atoms with Gasteiger partial charge in [0.25, 0.3) is 6.47 Å². The van der Waals surface area contributed by atoms with Crippen molar-refractivity contribution in [3.8, 4) is 5.75 Å². The van der Waals surface area contributed by atoms with Crippen molar-refractivity contribution in [2.45, 2.75) is 55.9 Å². The van der Waals surface area contributed by atoms with Crippen molar-refractivity contribution in [2.24, 2.45) is 5.92 Å². The van der Waals surface area contributed by atoms with Crippen LogP contribution in [0.15, 0.2) is 29.2 Å². The number of methoxy groups -OCH3 is 1. The van der Waals surface area contributed by atoms with Crippen molar-refractivity contribution in [3.05, 3.63) is 24.3 Å². The second-order valence-corrected chi connectivity index (χ2v) is 8.04. The zero-order chi connectivity index (χ0) is 18.6. The minimum Gasteiger partial charge on any atom is -0.493 e. The summed E-state index contributed by atoms with van der Waals surface area (Å²) in [5.74, 6) is 1.74. The van der Waals surface area contributed by atoms with Gasteiger partial charge in [0.15, 0.2) is 0 Å². The Labute approximate surface area is 161 Å². The first-order chi connectivity index (χ1) is 12.7. The normalized spacial score (nSPS) is 19.3. The third kappa shape index (κ3) is 7.98. The number of piperidine rings is 1. The third-order valence-electron chi connectivity index (χ3n) is 4.79. The molecule has 146 valence electrons. The highest BCUT2D eigenvalue weighted by Gasteiger charge is 2.18. The standard InChI is InChI=1S/C18H27NO2S.C2H4O2/c20-16-10-12-19(13-11-16)22-18-8-6-17(7-9-18)21-14-15-4-2-1-3-5-15;1-4-2-3/h6-9,15-16,20H,1-5,10-14H2;2H,1H3. The Morgan fingerprint density at radius 1 is 1.12 bits per heavy atom. The highest BCUT2D eigenvalue weighted by atomic mass is 32.2. The number of carbonyl (C=O) groups is 1. The Balaban J connectivity index is 0.000000552. The number of ether oxygens (including phenoxy) is 2. The van der Waals surface area contributed by atoms with E-state index in [9.17, 15) is 5.11 Å². The van der Waals surface area contributed by atoms with Gasteiger partial charge in [-0.2, -0.15) is 0 Å². The molecule has 1 saturated carbocycles. The summed E-state index contributed by atoms with van der Waals surface area (Å²) < 4.78 is 12.1. The summed E-state index contributed by atoms with van der Waals surface area (Å²) >= 11 is 1.79. The molecule has 0 aromatic heterocycles. The average molecular weight is 382 g/mol. The van der Waals surface area contributed by atoms with Crippen LogP contribution in [0.5, 0.6) is 5.75 Å². The summed E-state index contributed by atoms with van der Waals surface area (Å²) in [4.78, 5) is 10.2. The molecule has 0 amide bonds. The van der Waals surface area contributed by atoms with Crippen LogP contribution >= 0.6 is 11.9 Å². The Morgan fingerprint density at radius 2 is 1.73 bits per heavy atom. The largest absolute Gasteiger partial charge is 0.493 e. The first kappa shape index (κ1) is 21.1. The van der Waals surface area contributed by atoms with Gasteiger partial charge in [-0.3, -0.25) is 4.79 Å². The zero-order valence-corrected chi connectivity index (χ0v) is 16.5. The summed E-state index contributed by atoms with van der Waals surface area (Å²) in [7, 11) is 1.31. The predicted molar refractivity (Wildman–Crippen MR) is 104 cm³/mol. The van der Waals surface area contributed by atoms with Crippen molar-refractivity contribution in [1.29, 1.82) is 0 Å². The molecule has 1 aromatic carbocycles. The van der Waals surface area contributed by atoms with Crippen molar-refractivity contribution < 1.29 is 19.4 Å². The quantitative estimate of drug-likeness (QED) is 0.596. The Bertz CT molecular complexity index is 497. The molecule has 2 aliphatic rings. The van der Waals surface area contributed by atoms with Crippen LogP contribution in [-0.2, 0) is 9.53 Å². The minimum atomic E-state index is -0.104. The number of rotatable bonds is 6. The van der Waals surface area contributed by atoms with E-state index in [0.717, 1.165) is 44.2 Å². The van der Waals surface area contributed by atoms with Crippen LogP contribution in [0.2, 0.25) is 0 Å². The molecule has 0 bridgehead atoms. The molecule has 1 aliphatic heterocycles. The van der Waals surface area contributed by atoms with Gasteiger partial charge in [0, 0.05) is 18.0 Å². The summed E-state index contributed by atoms with van der Waals surface area (Å²) in [6.45, 7) is 3.17. The van der Waals surface area contributed by atoms with E-state index < -0.39 is 0 Å². The third-order valence-corrected chi connectivity index (χ3v) is 5.89. The molecule has 1 aromatic rings. The van der Waals surface area contributed by atoms with Crippen LogP contribution < -0.4 is 4.74 Å². The Hall–Kier alpha value is -1.24. The fourth-order valence-corrected chi connectivity index (χ4v) is 4.20. The number of nitrogens with zero attached hydrogens (tertiary/aromatic N) is 1. The van der Waals surface area contributed by atoms with Crippen LogP contribution in [-0.4, -0.2) is 48.8 Å². The van der Waals surface area contributed by atoms with Crippen molar-refractivity contribution in [1.82, 2.24) is 4.31 Å². The lowest BCUT2D eigenvalue weighted by Gasteiger charge is -2.28. The molecule has 1 saturated heterocycles. The Kier molecular flexibility index (Phi) is 9.89. The van der Waals surface area contributed by atoms with E-state index in [1.165, 1.54) is 44.1 Å². The molecule has 6 heteroatoms. The summed E-state index contributed by atoms with van der Waals surface area (Å²) in [5.41, 5.74) is 0. The van der Waals surface area contributed by atoms with Crippen LogP contribution in [0.4, 0.5) is 0 Å².